The number of esters is 2. The van der Waals surface area contributed by atoms with Gasteiger partial charge in [0.2, 0.25) is 11.8 Å². The number of carbonyl (C=O) groups excluding carboxylic acids is 4. The fraction of sp³-hybridized carbons (Fsp3) is 0.652. The summed E-state index contributed by atoms with van der Waals surface area (Å²) in [7, 11) is 0. The van der Waals surface area contributed by atoms with Gasteiger partial charge in [-0.3, -0.25) is 19.6 Å². The van der Waals surface area contributed by atoms with Crippen LogP contribution in [0.4, 0.5) is 0 Å². The molecular weight excluding hydrogens is 761 g/mol. The fourth-order valence-electron chi connectivity index (χ4n) is 8.30. The predicted octanol–water partition coefficient (Wildman–Crippen LogP) is 7.47. The van der Waals surface area contributed by atoms with Crippen molar-refractivity contribution < 1.29 is 33.2 Å². The summed E-state index contributed by atoms with van der Waals surface area (Å²) < 4.78 is 15.6. The molecule has 0 aliphatic rings. The molecule has 3 atom stereocenters. The van der Waals surface area contributed by atoms with Crippen LogP contribution in [0, 0.1) is 25.7 Å². The van der Waals surface area contributed by atoms with Gasteiger partial charge >= 0.3 is 11.9 Å². The summed E-state index contributed by atoms with van der Waals surface area (Å²) in [5.74, 6) is 0.167. The number of pyridine rings is 2. The molecule has 14 nitrogen and oxygen atoms in total. The first kappa shape index (κ1) is 47.8. The Bertz CT molecular complexity index is 1970. The summed E-state index contributed by atoms with van der Waals surface area (Å²) >= 11 is 0. The molecule has 14 heteroatoms. The lowest BCUT2D eigenvalue weighted by Gasteiger charge is -2.42. The maximum absolute atomic E-state index is 14.5. The van der Waals surface area contributed by atoms with Crippen LogP contribution in [0.1, 0.15) is 137 Å². The number of hydrogen-bond acceptors (Lipinski definition) is 9. The number of H-pyrrole nitrogens is 1. The molecular formula is C46H71N8O6+. The van der Waals surface area contributed by atoms with Crippen LogP contribution in [0.15, 0.2) is 36.9 Å². The molecule has 2 N–H and O–H groups in total. The Morgan fingerprint density at radius 1 is 0.817 bits per heavy atom. The van der Waals surface area contributed by atoms with Crippen molar-refractivity contribution in [3.8, 4) is 0 Å². The van der Waals surface area contributed by atoms with Gasteiger partial charge < -0.3 is 24.3 Å². The van der Waals surface area contributed by atoms with Crippen LogP contribution in [0.3, 0.4) is 0 Å². The highest BCUT2D eigenvalue weighted by atomic mass is 16.5. The molecule has 0 bridgehead atoms. The molecule has 0 aliphatic carbocycles. The first-order valence-electron chi connectivity index (χ1n) is 22.4. The van der Waals surface area contributed by atoms with Crippen molar-refractivity contribution in [2.24, 2.45) is 11.8 Å². The average molecular weight is 832 g/mol. The van der Waals surface area contributed by atoms with Crippen LogP contribution in [0.5, 0.6) is 0 Å². The summed E-state index contributed by atoms with van der Waals surface area (Å²) in [6.07, 6.45) is 16.9. The quantitative estimate of drug-likeness (QED) is 0.0352. The molecule has 0 aliphatic heterocycles. The molecule has 1 unspecified atom stereocenters. The Morgan fingerprint density at radius 2 is 1.45 bits per heavy atom. The Labute approximate surface area is 356 Å². The summed E-state index contributed by atoms with van der Waals surface area (Å²) in [4.78, 5) is 73.6. The van der Waals surface area contributed by atoms with E-state index < -0.39 is 30.1 Å². The number of ether oxygens (including phenoxy) is 2. The highest BCUT2D eigenvalue weighted by Gasteiger charge is 2.44. The fourth-order valence-corrected chi connectivity index (χ4v) is 8.30. The second-order valence-electron chi connectivity index (χ2n) is 16.7. The van der Waals surface area contributed by atoms with E-state index in [1.54, 1.807) is 37.3 Å². The smallest absolute Gasteiger partial charge is 0.330 e. The van der Waals surface area contributed by atoms with Gasteiger partial charge in [0.05, 0.1) is 43.7 Å². The van der Waals surface area contributed by atoms with E-state index in [-0.39, 0.29) is 49.7 Å². The minimum absolute atomic E-state index is 0.0488. The van der Waals surface area contributed by atoms with E-state index in [0.717, 1.165) is 98.2 Å². The maximum Gasteiger partial charge on any atom is 0.330 e. The third kappa shape index (κ3) is 13.6. The molecule has 60 heavy (non-hydrogen) atoms. The Morgan fingerprint density at radius 3 is 2.15 bits per heavy atom. The number of hydrogen-bond donors (Lipinski definition) is 2. The summed E-state index contributed by atoms with van der Waals surface area (Å²) in [5.41, 5.74) is 4.15. The molecule has 0 aromatic carbocycles. The van der Waals surface area contributed by atoms with Gasteiger partial charge in [0.15, 0.2) is 11.0 Å². The van der Waals surface area contributed by atoms with Gasteiger partial charge in [0.25, 0.3) is 5.82 Å². The zero-order valence-corrected chi connectivity index (χ0v) is 37.5. The van der Waals surface area contributed by atoms with Crippen molar-refractivity contribution >= 4 is 45.8 Å². The Hall–Kier alpha value is -4.88. The molecule has 2 amide bonds. The first-order chi connectivity index (χ1) is 28.9. The van der Waals surface area contributed by atoms with Gasteiger partial charge in [0, 0.05) is 44.8 Å². The summed E-state index contributed by atoms with van der Waals surface area (Å²) in [6, 6.07) is 1.05. The van der Waals surface area contributed by atoms with Gasteiger partial charge in [-0.1, -0.05) is 59.8 Å². The Kier molecular flexibility index (Phi) is 19.4. The molecule has 0 radical (unpaired) electrons. The highest BCUT2D eigenvalue weighted by molar-refractivity contribution is 5.88. The van der Waals surface area contributed by atoms with Crippen molar-refractivity contribution in [3.63, 3.8) is 0 Å². The van der Waals surface area contributed by atoms with E-state index in [1.165, 1.54) is 0 Å². The zero-order valence-electron chi connectivity index (χ0n) is 37.5. The lowest BCUT2D eigenvalue weighted by molar-refractivity contribution is -0.677. The molecule has 0 fully saturated rings. The molecule has 0 saturated carbocycles. The van der Waals surface area contributed by atoms with Crippen LogP contribution in [-0.2, 0) is 41.7 Å². The zero-order chi connectivity index (χ0) is 43.6. The minimum Gasteiger partial charge on any atom is -0.464 e. The lowest BCUT2D eigenvalue weighted by atomic mass is 9.90. The van der Waals surface area contributed by atoms with Crippen molar-refractivity contribution in [2.45, 2.75) is 170 Å². The summed E-state index contributed by atoms with van der Waals surface area (Å²) in [5, 5.41) is 2.98. The monoisotopic (exact) mass is 832 g/mol. The van der Waals surface area contributed by atoms with E-state index in [4.69, 9.17) is 9.47 Å². The predicted molar refractivity (Wildman–Crippen MR) is 233 cm³/mol. The van der Waals surface area contributed by atoms with Crippen LogP contribution in [0.25, 0.3) is 22.1 Å². The normalized spacial score (nSPS) is 13.2. The maximum atomic E-state index is 14.5. The van der Waals surface area contributed by atoms with Gasteiger partial charge in [0.1, 0.15) is 23.4 Å². The number of fused-ring (bicyclic) bond motifs is 2. The van der Waals surface area contributed by atoms with Crippen LogP contribution in [-0.4, -0.2) is 84.5 Å². The minimum atomic E-state index is -1.16. The number of unbranched alkanes of at least 4 members (excludes halogenated alkanes) is 8. The van der Waals surface area contributed by atoms with Gasteiger partial charge in [-0.15, -0.1) is 0 Å². The van der Waals surface area contributed by atoms with E-state index >= 15 is 0 Å². The topological polar surface area (TPSA) is 165 Å². The third-order valence-electron chi connectivity index (χ3n) is 11.2. The molecule has 0 saturated heterocycles. The number of nitrogens with zero attached hydrogens (tertiary/aromatic N) is 6. The number of amides is 2. The number of aromatic nitrogens is 6. The molecule has 0 spiro atoms. The number of rotatable bonds is 27. The number of nitrogens with one attached hydrogen (secondary N) is 2. The van der Waals surface area contributed by atoms with Crippen LogP contribution >= 0.6 is 0 Å². The number of aromatic amines is 1. The van der Waals surface area contributed by atoms with Crippen molar-refractivity contribution in [1.29, 1.82) is 0 Å². The van der Waals surface area contributed by atoms with E-state index in [0.29, 0.717) is 19.3 Å². The number of aryl methyl sites for hydroxylation is 4. The van der Waals surface area contributed by atoms with Gasteiger partial charge in [-0.05, 0) is 77.2 Å². The lowest BCUT2D eigenvalue weighted by Crippen LogP contribution is -2.63. The van der Waals surface area contributed by atoms with Crippen molar-refractivity contribution in [3.05, 3.63) is 48.6 Å². The molecule has 4 aromatic rings. The van der Waals surface area contributed by atoms with Crippen molar-refractivity contribution in [2.75, 3.05) is 13.2 Å². The molecule has 330 valence electrons. The third-order valence-corrected chi connectivity index (χ3v) is 11.2. The van der Waals surface area contributed by atoms with Crippen LogP contribution in [0.2, 0.25) is 0 Å². The van der Waals surface area contributed by atoms with Crippen molar-refractivity contribution in [1.82, 2.24) is 34.7 Å². The summed E-state index contributed by atoms with van der Waals surface area (Å²) in [6.45, 7) is 17.4. The van der Waals surface area contributed by atoms with Crippen LogP contribution < -0.4 is 9.88 Å². The molecule has 4 heterocycles. The number of carbonyl (C=O) groups is 4. The van der Waals surface area contributed by atoms with Gasteiger partial charge in [-0.25, -0.2) is 24.1 Å². The second kappa shape index (κ2) is 24.4. The highest BCUT2D eigenvalue weighted by Crippen LogP contribution is 2.26. The Balaban J connectivity index is 1.38. The molecule has 4 rings (SSSR count). The SMILES string of the molecule is CCOC(=O)[C@@H](NC(=O)CCCCCCC[n+]1c(C)[nH]c2ccncc21)C(C(C)C)N(C(=O)CCCCCCCn1c(C)nc2cnccc21)[C@@H](CC(C)C)C(=O)OCC. The average Bonchev–Trinajstić information content (AvgIpc) is 3.71. The first-order valence-corrected chi connectivity index (χ1v) is 22.4. The van der Waals surface area contributed by atoms with E-state index in [9.17, 15) is 19.2 Å². The van der Waals surface area contributed by atoms with E-state index in [1.807, 2.05) is 52.9 Å². The van der Waals surface area contributed by atoms with Gasteiger partial charge in [-0.2, -0.15) is 0 Å². The van der Waals surface area contributed by atoms with E-state index in [2.05, 4.69) is 41.3 Å². The molecule has 4 aromatic heterocycles. The standard InChI is InChI=1S/C46H70N8O6/c1-9-59-45(57)39(29-32(3)4)54(42(56)22-18-14-12-16-19-27-52-35(8)50-37-30-47-26-24-38(37)52)44(33(5)6)43(46(58)60-10-2)51-41(55)21-17-13-11-15-20-28-53-34(7)49-36-23-25-48-31-40(36)53/h23-26,30-33,39,43-44H,9-22,27-29H2,1-8H3,(H,51,55)/p+1/t39-,43-,44?/m0/s1. The largest absolute Gasteiger partial charge is 0.464 e. The number of imidazole rings is 2. The second-order valence-corrected chi connectivity index (χ2v) is 16.7.